The van der Waals surface area contributed by atoms with Crippen molar-refractivity contribution in [3.8, 4) is 11.4 Å². The fourth-order valence-electron chi connectivity index (χ4n) is 4.52. The predicted octanol–water partition coefficient (Wildman–Crippen LogP) is 6.55. The fraction of sp³-hybridized carbons (Fsp3) is 0.323. The molecule has 1 N–H and O–H groups in total. The number of nitrogens with zero attached hydrogens (tertiary/aromatic N) is 3. The van der Waals surface area contributed by atoms with Crippen LogP contribution in [0, 0.1) is 17.5 Å². The molecule has 4 aromatic rings. The molecule has 0 unspecified atom stereocenters. The minimum atomic E-state index is -4.12. The number of rotatable bonds is 12. The lowest BCUT2D eigenvalue weighted by molar-refractivity contribution is -0.869. The van der Waals surface area contributed by atoms with Crippen LogP contribution >= 0.6 is 23.4 Å². The standard InChI is InChI=1S/C31H35ClF3N4O3S2/c1-31(2,20-7-12-25(32)28(15-20)42-6)29-18-36-30(38(29)22-10-8-21(33)9-11-22)43-19-24-26(34)16-23(17-27(24)35)44(40,41)37-13-14-39(3,4)5/h7-12,15-18,37H,13-14,19H2,1-6H3/q+1. The van der Waals surface area contributed by atoms with E-state index in [1.807, 2.05) is 47.1 Å². The summed E-state index contributed by atoms with van der Waals surface area (Å²) in [6.07, 6.45) is 1.66. The summed E-state index contributed by atoms with van der Waals surface area (Å²) in [5.41, 5.74) is 1.22. The van der Waals surface area contributed by atoms with Crippen LogP contribution in [-0.2, 0) is 21.2 Å². The Kier molecular flexibility index (Phi) is 10.1. The Morgan fingerprint density at radius 1 is 1.02 bits per heavy atom. The highest BCUT2D eigenvalue weighted by Crippen LogP contribution is 2.39. The maximum Gasteiger partial charge on any atom is 0.240 e. The first kappa shape index (κ1) is 33.9. The van der Waals surface area contributed by atoms with Crippen LogP contribution in [-0.4, -0.2) is 63.8 Å². The van der Waals surface area contributed by atoms with E-state index < -0.39 is 37.8 Å². The van der Waals surface area contributed by atoms with Crippen LogP contribution in [0.5, 0.6) is 5.75 Å². The van der Waals surface area contributed by atoms with Gasteiger partial charge in [0, 0.05) is 22.4 Å². The van der Waals surface area contributed by atoms with E-state index in [0.29, 0.717) is 32.6 Å². The fourth-order valence-corrected chi connectivity index (χ4v) is 6.77. The normalized spacial score (nSPS) is 12.5. The van der Waals surface area contributed by atoms with Gasteiger partial charge >= 0.3 is 0 Å². The lowest BCUT2D eigenvalue weighted by Gasteiger charge is -2.28. The Hall–Kier alpha value is -3.03. The number of nitrogens with one attached hydrogen (secondary N) is 1. The van der Waals surface area contributed by atoms with Gasteiger partial charge in [0.25, 0.3) is 0 Å². The molecule has 13 heteroatoms. The van der Waals surface area contributed by atoms with Crippen LogP contribution in [0.2, 0.25) is 5.02 Å². The molecule has 44 heavy (non-hydrogen) atoms. The summed E-state index contributed by atoms with van der Waals surface area (Å²) >= 11 is 7.32. The molecule has 0 spiro atoms. The number of aromatic nitrogens is 2. The number of thioether (sulfide) groups is 1. The minimum absolute atomic E-state index is 0.111. The molecule has 0 aliphatic heterocycles. The molecule has 0 saturated carbocycles. The van der Waals surface area contributed by atoms with E-state index in [1.54, 1.807) is 29.0 Å². The van der Waals surface area contributed by atoms with Gasteiger partial charge in [-0.3, -0.25) is 4.57 Å². The Morgan fingerprint density at radius 3 is 2.25 bits per heavy atom. The van der Waals surface area contributed by atoms with E-state index >= 15 is 8.78 Å². The molecule has 7 nitrogen and oxygen atoms in total. The van der Waals surface area contributed by atoms with Gasteiger partial charge in [-0.1, -0.05) is 43.3 Å². The quantitative estimate of drug-likeness (QED) is 0.137. The number of hydrogen-bond donors (Lipinski definition) is 1. The first-order valence-corrected chi connectivity index (χ1v) is 16.5. The molecule has 3 aromatic carbocycles. The Bertz CT molecular complexity index is 1730. The third kappa shape index (κ3) is 7.60. The second-order valence-corrected chi connectivity index (χ2v) is 14.9. The maximum atomic E-state index is 15.2. The van der Waals surface area contributed by atoms with Gasteiger partial charge < -0.3 is 9.22 Å². The molecular formula is C31H35ClF3N4O3S2+. The second kappa shape index (κ2) is 13.1. The maximum absolute atomic E-state index is 15.2. The van der Waals surface area contributed by atoms with Gasteiger partial charge in [0.2, 0.25) is 10.0 Å². The number of hydrogen-bond acceptors (Lipinski definition) is 5. The highest BCUT2D eigenvalue weighted by molar-refractivity contribution is 7.98. The summed E-state index contributed by atoms with van der Waals surface area (Å²) in [6.45, 7) is 4.56. The molecule has 4 rings (SSSR count). The van der Waals surface area contributed by atoms with Crippen molar-refractivity contribution in [3.63, 3.8) is 0 Å². The molecular weight excluding hydrogens is 633 g/mol. The average molecular weight is 668 g/mol. The monoisotopic (exact) mass is 667 g/mol. The zero-order valence-corrected chi connectivity index (χ0v) is 27.7. The molecule has 0 saturated heterocycles. The van der Waals surface area contributed by atoms with Gasteiger partial charge in [0.05, 0.1) is 63.2 Å². The summed E-state index contributed by atoms with van der Waals surface area (Å²) in [7, 11) is 3.12. The van der Waals surface area contributed by atoms with Crippen LogP contribution in [0.25, 0.3) is 5.69 Å². The van der Waals surface area contributed by atoms with Gasteiger partial charge in [0.1, 0.15) is 23.2 Å². The van der Waals surface area contributed by atoms with Gasteiger partial charge in [-0.05, 0) is 54.1 Å². The van der Waals surface area contributed by atoms with E-state index in [2.05, 4.69) is 9.71 Å². The number of likely N-dealkylation sites (N-methyl/N-ethyl adjacent to an activating group) is 1. The zero-order chi connectivity index (χ0) is 32.4. The highest BCUT2D eigenvalue weighted by Gasteiger charge is 2.31. The SMILES string of the molecule is COc1cc(C(C)(C)c2cnc(SCc3c(F)cc(S(=O)(=O)NCC[N+](C)(C)C)cc3F)n2-c2ccc(F)cc2)ccc1Cl. The molecule has 0 aliphatic carbocycles. The Balaban J connectivity index is 1.67. The van der Waals surface area contributed by atoms with E-state index in [0.717, 1.165) is 35.2 Å². The molecule has 0 amide bonds. The number of quaternary nitrogens is 1. The third-order valence-electron chi connectivity index (χ3n) is 7.17. The number of halogens is 4. The Morgan fingerprint density at radius 2 is 1.66 bits per heavy atom. The first-order valence-electron chi connectivity index (χ1n) is 13.6. The molecule has 0 aliphatic rings. The van der Waals surface area contributed by atoms with Crippen molar-refractivity contribution in [2.75, 3.05) is 41.3 Å². The minimum Gasteiger partial charge on any atom is -0.495 e. The molecule has 0 atom stereocenters. The van der Waals surface area contributed by atoms with E-state index in [-0.39, 0.29) is 17.9 Å². The smallest absolute Gasteiger partial charge is 0.240 e. The molecule has 0 bridgehead atoms. The highest BCUT2D eigenvalue weighted by atomic mass is 35.5. The van der Waals surface area contributed by atoms with Crippen LogP contribution in [0.15, 0.2) is 70.8 Å². The number of imidazole rings is 1. The molecule has 236 valence electrons. The molecule has 1 aromatic heterocycles. The topological polar surface area (TPSA) is 73.2 Å². The van der Waals surface area contributed by atoms with Crippen molar-refractivity contribution >= 4 is 33.4 Å². The Labute approximate surface area is 265 Å². The van der Waals surface area contributed by atoms with Crippen molar-refractivity contribution in [2.45, 2.75) is 35.1 Å². The average Bonchev–Trinajstić information content (AvgIpc) is 3.37. The molecule has 0 radical (unpaired) electrons. The van der Waals surface area contributed by atoms with Crippen molar-refractivity contribution in [1.82, 2.24) is 14.3 Å². The van der Waals surface area contributed by atoms with Gasteiger partial charge in [0.15, 0.2) is 5.16 Å². The van der Waals surface area contributed by atoms with E-state index in [4.69, 9.17) is 16.3 Å². The number of benzene rings is 3. The van der Waals surface area contributed by atoms with Crippen molar-refractivity contribution < 1.29 is 30.8 Å². The van der Waals surface area contributed by atoms with Crippen LogP contribution < -0.4 is 9.46 Å². The molecule has 1 heterocycles. The van der Waals surface area contributed by atoms with Crippen LogP contribution in [0.3, 0.4) is 0 Å². The number of sulfonamides is 1. The van der Waals surface area contributed by atoms with E-state index in [1.165, 1.54) is 19.2 Å². The number of methoxy groups -OCH3 is 1. The summed E-state index contributed by atoms with van der Waals surface area (Å²) in [5.74, 6) is -2.08. The summed E-state index contributed by atoms with van der Waals surface area (Å²) in [4.78, 5) is 4.09. The summed E-state index contributed by atoms with van der Waals surface area (Å²) < 4.78 is 79.8. The zero-order valence-electron chi connectivity index (χ0n) is 25.3. The van der Waals surface area contributed by atoms with Gasteiger partial charge in [-0.2, -0.15) is 0 Å². The molecule has 0 fully saturated rings. The first-order chi connectivity index (χ1) is 20.5. The van der Waals surface area contributed by atoms with Gasteiger partial charge in [-0.25, -0.2) is 31.3 Å². The lowest BCUT2D eigenvalue weighted by atomic mass is 9.81. The van der Waals surface area contributed by atoms with Crippen molar-refractivity contribution in [3.05, 3.63) is 100 Å². The predicted molar refractivity (Wildman–Crippen MR) is 168 cm³/mol. The van der Waals surface area contributed by atoms with Crippen molar-refractivity contribution in [1.29, 1.82) is 0 Å². The largest absolute Gasteiger partial charge is 0.495 e. The summed E-state index contributed by atoms with van der Waals surface area (Å²) in [6, 6.07) is 12.9. The third-order valence-corrected chi connectivity index (χ3v) is 9.90. The van der Waals surface area contributed by atoms with Gasteiger partial charge in [-0.15, -0.1) is 0 Å². The second-order valence-electron chi connectivity index (χ2n) is 11.8. The van der Waals surface area contributed by atoms with E-state index in [9.17, 15) is 12.8 Å². The number of ether oxygens (including phenoxy) is 1. The lowest BCUT2D eigenvalue weighted by Crippen LogP contribution is -2.41. The van der Waals surface area contributed by atoms with Crippen molar-refractivity contribution in [2.24, 2.45) is 0 Å². The van der Waals surface area contributed by atoms with Crippen LogP contribution in [0.1, 0.15) is 30.7 Å². The summed E-state index contributed by atoms with van der Waals surface area (Å²) in [5, 5.41) is 0.858. The van der Waals surface area contributed by atoms with Crippen LogP contribution in [0.4, 0.5) is 13.2 Å².